The van der Waals surface area contributed by atoms with Crippen molar-refractivity contribution in [2.24, 2.45) is 4.99 Å². The summed E-state index contributed by atoms with van der Waals surface area (Å²) in [6.45, 7) is 7.81. The molecule has 2 atom stereocenters. The van der Waals surface area contributed by atoms with E-state index in [0.29, 0.717) is 30.8 Å². The second-order valence-corrected chi connectivity index (χ2v) is 13.0. The van der Waals surface area contributed by atoms with E-state index in [-0.39, 0.29) is 11.4 Å². The highest BCUT2D eigenvalue weighted by molar-refractivity contribution is 8.04. The predicted octanol–water partition coefficient (Wildman–Crippen LogP) is 2.98. The molecule has 4 rings (SSSR count). The molecule has 9 nitrogen and oxygen atoms in total. The molecule has 0 saturated carbocycles. The van der Waals surface area contributed by atoms with Crippen LogP contribution in [0.4, 0.5) is 14.9 Å². The van der Waals surface area contributed by atoms with Crippen molar-refractivity contribution in [2.45, 2.75) is 56.2 Å². The molecule has 0 radical (unpaired) electrons. The number of amides is 1. The lowest BCUT2D eigenvalue weighted by atomic mass is 9.85. The molecule has 1 aromatic heterocycles. The number of amidine groups is 1. The Balaban J connectivity index is 1.74. The van der Waals surface area contributed by atoms with E-state index in [1.54, 1.807) is 39.0 Å². The minimum atomic E-state index is -3.22. The van der Waals surface area contributed by atoms with E-state index in [2.05, 4.69) is 26.4 Å². The first-order valence-corrected chi connectivity index (χ1v) is 13.0. The number of aryl methyl sites for hydroxylation is 1. The molecular formula is C24H29FN6O3S. The van der Waals surface area contributed by atoms with Gasteiger partial charge in [-0.25, -0.2) is 9.18 Å². The number of aromatic nitrogens is 1. The Morgan fingerprint density at radius 1 is 1.37 bits per heavy atom. The number of rotatable bonds is 4. The fraction of sp³-hybridized carbons (Fsp3) is 0.417. The molecule has 1 amide bonds. The first kappa shape index (κ1) is 24.8. The topological polar surface area (TPSA) is 140 Å². The molecule has 4 N–H and O–H groups in total. The lowest BCUT2D eigenvalue weighted by Gasteiger charge is -2.51. The summed E-state index contributed by atoms with van der Waals surface area (Å²) in [6.07, 6.45) is 0.706. The van der Waals surface area contributed by atoms with E-state index in [1.165, 1.54) is 12.3 Å². The molecule has 2 aliphatic rings. The lowest BCUT2D eigenvalue weighted by Crippen LogP contribution is -2.65. The first-order chi connectivity index (χ1) is 16.4. The highest BCUT2D eigenvalue weighted by Gasteiger charge is 2.59. The van der Waals surface area contributed by atoms with Crippen LogP contribution in [-0.4, -0.2) is 42.8 Å². The smallest absolute Gasteiger partial charge is 0.410 e. The van der Waals surface area contributed by atoms with Crippen molar-refractivity contribution in [3.05, 3.63) is 58.7 Å². The third-order valence-corrected chi connectivity index (χ3v) is 11.3. The number of hydrogen-bond donors (Lipinski definition) is 5. The Kier molecular flexibility index (Phi) is 6.15. The minimum Gasteiger partial charge on any atom is -0.465 e. The summed E-state index contributed by atoms with van der Waals surface area (Å²) in [7, 11) is -3.22. The van der Waals surface area contributed by atoms with Crippen LogP contribution in [0.3, 0.4) is 0 Å². The van der Waals surface area contributed by atoms with Gasteiger partial charge in [0.25, 0.3) is 0 Å². The van der Waals surface area contributed by atoms with Crippen LogP contribution in [0.5, 0.6) is 0 Å². The van der Waals surface area contributed by atoms with Crippen molar-refractivity contribution >= 4 is 27.7 Å². The molecule has 1 saturated heterocycles. The number of aliphatic imine (C=N–C) groups is 1. The highest BCUT2D eigenvalue weighted by atomic mass is 32.3. The molecular weight excluding hydrogens is 471 g/mol. The van der Waals surface area contributed by atoms with E-state index >= 15 is 4.39 Å². The number of nitrogens with zero attached hydrogens (tertiary/aromatic N) is 3. The van der Waals surface area contributed by atoms with E-state index in [0.717, 1.165) is 11.3 Å². The van der Waals surface area contributed by atoms with Gasteiger partial charge in [-0.05, 0) is 74.1 Å². The summed E-state index contributed by atoms with van der Waals surface area (Å²) >= 11 is 0. The summed E-state index contributed by atoms with van der Waals surface area (Å²) < 4.78 is 31.6. The zero-order valence-corrected chi connectivity index (χ0v) is 20.9. The van der Waals surface area contributed by atoms with Crippen molar-refractivity contribution in [3.8, 4) is 6.07 Å². The van der Waals surface area contributed by atoms with Gasteiger partial charge in [0.05, 0.1) is 27.8 Å². The van der Waals surface area contributed by atoms with Gasteiger partial charge in [0.2, 0.25) is 0 Å². The van der Waals surface area contributed by atoms with Crippen molar-refractivity contribution in [3.63, 3.8) is 0 Å². The first-order valence-electron chi connectivity index (χ1n) is 11.3. The van der Waals surface area contributed by atoms with Crippen LogP contribution in [0.25, 0.3) is 0 Å². The number of nitrogens with one attached hydrogen (secondary N) is 3. The molecule has 35 heavy (non-hydrogen) atoms. The fourth-order valence-electron chi connectivity index (χ4n) is 5.06. The largest absolute Gasteiger partial charge is 0.465 e. The maximum Gasteiger partial charge on any atom is 0.410 e. The van der Waals surface area contributed by atoms with Crippen LogP contribution in [0.15, 0.2) is 35.5 Å². The molecule has 186 valence electrons. The Hall–Kier alpha value is -3.36. The molecule has 3 heterocycles. The Labute approximate surface area is 204 Å². The Morgan fingerprint density at radius 3 is 2.77 bits per heavy atom. The second-order valence-electron chi connectivity index (χ2n) is 9.62. The van der Waals surface area contributed by atoms with Gasteiger partial charge in [0, 0.05) is 24.0 Å². The summed E-state index contributed by atoms with van der Waals surface area (Å²) in [5, 5.41) is 23.5. The van der Waals surface area contributed by atoms with Crippen LogP contribution < -0.4 is 15.4 Å². The van der Waals surface area contributed by atoms with Gasteiger partial charge < -0.3 is 10.4 Å². The minimum absolute atomic E-state index is 0.0525. The molecule has 0 unspecified atom stereocenters. The Morgan fingerprint density at radius 2 is 2.11 bits per heavy atom. The predicted molar refractivity (Wildman–Crippen MR) is 133 cm³/mol. The third-order valence-electron chi connectivity index (χ3n) is 7.12. The van der Waals surface area contributed by atoms with Crippen molar-refractivity contribution in [1.29, 1.82) is 5.26 Å². The molecule has 1 fully saturated rings. The number of anilines is 1. The van der Waals surface area contributed by atoms with E-state index in [4.69, 9.17) is 10.3 Å². The van der Waals surface area contributed by atoms with Crippen LogP contribution in [0.2, 0.25) is 0 Å². The number of hydrogen-bond acceptors (Lipinski definition) is 6. The molecule has 0 aliphatic carbocycles. The quantitative estimate of drug-likeness (QED) is 0.409. The number of fused-ring (bicyclic) bond motifs is 1. The van der Waals surface area contributed by atoms with Gasteiger partial charge in [0.1, 0.15) is 23.3 Å². The standard InChI is InChI=1S/C24H29FN6O3S/c1-14-9-15(11-26)12-28-19(14)13-27-16-5-6-18(25)17(10-16)24(4)20-7-8-29-35(20,34)23(2,3)21(31-24)30-22(32)33/h5-6,9-10,12,20,27,35H,7-8,13H2,1-4H3,(H,29,34)(H,30,31)(H,32,33)/t20-,24-/m1/s1. The SMILES string of the molecule is Cc1cc(C#N)cnc1CNc1ccc(F)c([C@@]2(C)N=C(NC(=O)O)C(C)(C)[SH]3(=O)NCC[C@H]23)c1. The maximum absolute atomic E-state index is 15.3. The van der Waals surface area contributed by atoms with Crippen LogP contribution >= 0.6 is 0 Å². The maximum atomic E-state index is 15.3. The molecule has 2 aliphatic heterocycles. The van der Waals surface area contributed by atoms with E-state index < -0.39 is 37.6 Å². The molecule has 2 aromatic rings. The number of thiol groups is 1. The summed E-state index contributed by atoms with van der Waals surface area (Å²) in [4.78, 5) is 20.5. The van der Waals surface area contributed by atoms with Crippen LogP contribution in [-0.2, 0) is 22.2 Å². The number of benzene rings is 1. The normalized spacial score (nSPS) is 25.0. The number of pyridine rings is 1. The fourth-order valence-corrected chi connectivity index (χ4v) is 8.74. The third kappa shape index (κ3) is 4.06. The van der Waals surface area contributed by atoms with E-state index in [9.17, 15) is 14.1 Å². The lowest BCUT2D eigenvalue weighted by molar-refractivity contribution is 0.199. The Bertz CT molecular complexity index is 1320. The highest BCUT2D eigenvalue weighted by Crippen LogP contribution is 2.49. The zero-order chi connectivity index (χ0) is 25.6. The van der Waals surface area contributed by atoms with Crippen LogP contribution in [0.1, 0.15) is 49.6 Å². The number of halogens is 1. The van der Waals surface area contributed by atoms with Gasteiger partial charge in [-0.2, -0.15) is 5.26 Å². The number of carboxylic acid groups (broad SMARTS) is 1. The van der Waals surface area contributed by atoms with Gasteiger partial charge in [0.15, 0.2) is 0 Å². The van der Waals surface area contributed by atoms with Gasteiger partial charge in [-0.1, -0.05) is 0 Å². The number of carbonyl (C=O) groups is 1. The summed E-state index contributed by atoms with van der Waals surface area (Å²) in [5.41, 5.74) is 1.67. The average molecular weight is 501 g/mol. The number of nitriles is 1. The van der Waals surface area contributed by atoms with Gasteiger partial charge in [-0.15, -0.1) is 0 Å². The summed E-state index contributed by atoms with van der Waals surface area (Å²) in [6, 6.07) is 8.37. The zero-order valence-electron chi connectivity index (χ0n) is 20.0. The van der Waals surface area contributed by atoms with Crippen molar-refractivity contribution < 1.29 is 18.5 Å². The van der Waals surface area contributed by atoms with Crippen molar-refractivity contribution in [2.75, 3.05) is 11.9 Å². The molecule has 0 spiro atoms. The second kappa shape index (κ2) is 8.70. The molecule has 0 bridgehead atoms. The van der Waals surface area contributed by atoms with Gasteiger partial charge >= 0.3 is 6.09 Å². The van der Waals surface area contributed by atoms with Crippen LogP contribution in [0, 0.1) is 24.1 Å². The molecule has 1 aromatic carbocycles. The monoisotopic (exact) mass is 500 g/mol. The van der Waals surface area contributed by atoms with Crippen molar-refractivity contribution in [1.82, 2.24) is 15.0 Å². The molecule has 11 heteroatoms. The average Bonchev–Trinajstić information content (AvgIpc) is 3.22. The van der Waals surface area contributed by atoms with Gasteiger partial charge in [-0.3, -0.25) is 24.2 Å². The van der Waals surface area contributed by atoms with E-state index in [1.807, 2.05) is 6.92 Å². The summed E-state index contributed by atoms with van der Waals surface area (Å²) in [5.74, 6) is -0.459.